The normalized spacial score (nSPS) is 26.1. The minimum absolute atomic E-state index is 0.124. The molecule has 0 spiro atoms. The Morgan fingerprint density at radius 3 is 2.63 bits per heavy atom. The molecular formula is C14H25N3O2. The summed E-state index contributed by atoms with van der Waals surface area (Å²) in [6.45, 7) is 9.20. The third kappa shape index (κ3) is 3.08. The third-order valence-corrected chi connectivity index (χ3v) is 4.01. The number of piperazine rings is 1. The van der Waals surface area contributed by atoms with Crippen molar-refractivity contribution in [2.45, 2.75) is 45.7 Å². The summed E-state index contributed by atoms with van der Waals surface area (Å²) in [6, 6.07) is 0.0556. The first-order valence-electron chi connectivity index (χ1n) is 7.32. The molecule has 5 nitrogen and oxygen atoms in total. The molecule has 2 saturated heterocycles. The molecule has 2 unspecified atom stereocenters. The lowest BCUT2D eigenvalue weighted by Gasteiger charge is -2.38. The van der Waals surface area contributed by atoms with Gasteiger partial charge < -0.3 is 15.1 Å². The number of carbonyl (C=O) groups is 2. The van der Waals surface area contributed by atoms with Crippen LogP contribution in [0.5, 0.6) is 0 Å². The highest BCUT2D eigenvalue weighted by Crippen LogP contribution is 2.21. The van der Waals surface area contributed by atoms with Gasteiger partial charge in [-0.2, -0.15) is 0 Å². The lowest BCUT2D eigenvalue weighted by molar-refractivity contribution is -0.146. The fourth-order valence-corrected chi connectivity index (χ4v) is 3.06. The Kier molecular flexibility index (Phi) is 4.45. The number of rotatable bonds is 3. The highest BCUT2D eigenvalue weighted by Gasteiger charge is 2.37. The minimum Gasteiger partial charge on any atom is -0.338 e. The number of hydrogen-bond acceptors (Lipinski definition) is 3. The fourth-order valence-electron chi connectivity index (χ4n) is 3.06. The second-order valence-electron chi connectivity index (χ2n) is 6.02. The predicted molar refractivity (Wildman–Crippen MR) is 73.6 cm³/mol. The van der Waals surface area contributed by atoms with Gasteiger partial charge in [0.2, 0.25) is 11.8 Å². The summed E-state index contributed by atoms with van der Waals surface area (Å²) >= 11 is 0. The van der Waals surface area contributed by atoms with Gasteiger partial charge in [-0.1, -0.05) is 13.8 Å². The molecule has 0 saturated carbocycles. The van der Waals surface area contributed by atoms with E-state index in [1.807, 2.05) is 18.7 Å². The summed E-state index contributed by atoms with van der Waals surface area (Å²) in [4.78, 5) is 28.3. The van der Waals surface area contributed by atoms with E-state index in [0.717, 1.165) is 32.6 Å². The Morgan fingerprint density at radius 1 is 1.37 bits per heavy atom. The van der Waals surface area contributed by atoms with Crippen molar-refractivity contribution in [2.75, 3.05) is 26.2 Å². The van der Waals surface area contributed by atoms with Gasteiger partial charge in [-0.25, -0.2) is 0 Å². The maximum atomic E-state index is 12.7. The average molecular weight is 267 g/mol. The van der Waals surface area contributed by atoms with Crippen molar-refractivity contribution in [3.63, 3.8) is 0 Å². The van der Waals surface area contributed by atoms with Gasteiger partial charge in [0.1, 0.15) is 6.04 Å². The first-order valence-corrected chi connectivity index (χ1v) is 7.32. The van der Waals surface area contributed by atoms with Crippen molar-refractivity contribution in [3.8, 4) is 0 Å². The molecule has 2 heterocycles. The smallest absolute Gasteiger partial charge is 0.245 e. The quantitative estimate of drug-likeness (QED) is 0.808. The van der Waals surface area contributed by atoms with E-state index >= 15 is 0 Å². The van der Waals surface area contributed by atoms with Crippen LogP contribution in [0, 0.1) is 5.92 Å². The van der Waals surface area contributed by atoms with E-state index in [9.17, 15) is 9.59 Å². The van der Waals surface area contributed by atoms with Gasteiger partial charge in [0, 0.05) is 38.6 Å². The van der Waals surface area contributed by atoms with E-state index in [2.05, 4.69) is 12.2 Å². The first-order chi connectivity index (χ1) is 9.00. The van der Waals surface area contributed by atoms with Crippen LogP contribution in [-0.4, -0.2) is 59.9 Å². The standard InChI is InChI=1S/C14H25N3O2/c1-10(2)13(17-7-4-5-12(17)18)14(19)16-8-6-15-11(3)9-16/h10-11,13,15H,4-9H2,1-3H3. The van der Waals surface area contributed by atoms with E-state index in [1.165, 1.54) is 0 Å². The van der Waals surface area contributed by atoms with Crippen LogP contribution in [0.15, 0.2) is 0 Å². The third-order valence-electron chi connectivity index (χ3n) is 4.01. The molecule has 0 aromatic heterocycles. The average Bonchev–Trinajstić information content (AvgIpc) is 2.75. The van der Waals surface area contributed by atoms with Crippen molar-refractivity contribution in [3.05, 3.63) is 0 Å². The van der Waals surface area contributed by atoms with Crippen molar-refractivity contribution >= 4 is 11.8 Å². The summed E-state index contributed by atoms with van der Waals surface area (Å²) in [5.41, 5.74) is 0. The molecule has 108 valence electrons. The second-order valence-corrected chi connectivity index (χ2v) is 6.02. The van der Waals surface area contributed by atoms with Crippen LogP contribution in [0.3, 0.4) is 0 Å². The summed E-state index contributed by atoms with van der Waals surface area (Å²) in [7, 11) is 0. The fraction of sp³-hybridized carbons (Fsp3) is 0.857. The Bertz CT molecular complexity index is 357. The van der Waals surface area contributed by atoms with Crippen LogP contribution in [0.4, 0.5) is 0 Å². The molecule has 0 aromatic rings. The number of nitrogens with one attached hydrogen (secondary N) is 1. The molecule has 2 fully saturated rings. The van der Waals surface area contributed by atoms with E-state index in [1.54, 1.807) is 4.90 Å². The summed E-state index contributed by atoms with van der Waals surface area (Å²) < 4.78 is 0. The molecule has 2 rings (SSSR count). The van der Waals surface area contributed by atoms with Crippen molar-refractivity contribution in [1.29, 1.82) is 0 Å². The second kappa shape index (κ2) is 5.90. The number of carbonyl (C=O) groups excluding carboxylic acids is 2. The molecule has 2 atom stereocenters. The molecule has 1 N–H and O–H groups in total. The summed E-state index contributed by atoms with van der Waals surface area (Å²) in [5.74, 6) is 0.425. The zero-order valence-corrected chi connectivity index (χ0v) is 12.2. The molecular weight excluding hydrogens is 242 g/mol. The van der Waals surface area contributed by atoms with Crippen LogP contribution in [0.25, 0.3) is 0 Å². The highest BCUT2D eigenvalue weighted by molar-refractivity contribution is 5.89. The van der Waals surface area contributed by atoms with Crippen LogP contribution in [-0.2, 0) is 9.59 Å². The van der Waals surface area contributed by atoms with Gasteiger partial charge in [-0.3, -0.25) is 9.59 Å². The number of nitrogens with zero attached hydrogens (tertiary/aromatic N) is 2. The van der Waals surface area contributed by atoms with Gasteiger partial charge in [0.05, 0.1) is 0 Å². The molecule has 2 aliphatic heterocycles. The van der Waals surface area contributed by atoms with E-state index in [-0.39, 0.29) is 23.8 Å². The van der Waals surface area contributed by atoms with Crippen LogP contribution in [0.1, 0.15) is 33.6 Å². The molecule has 0 aromatic carbocycles. The Hall–Kier alpha value is -1.10. The van der Waals surface area contributed by atoms with E-state index in [0.29, 0.717) is 12.5 Å². The van der Waals surface area contributed by atoms with Crippen LogP contribution in [0.2, 0.25) is 0 Å². The number of likely N-dealkylation sites (tertiary alicyclic amines) is 1. The monoisotopic (exact) mass is 267 g/mol. The Labute approximate surface area is 115 Å². The molecule has 5 heteroatoms. The van der Waals surface area contributed by atoms with Gasteiger partial charge in [0.15, 0.2) is 0 Å². The minimum atomic E-state index is -0.278. The summed E-state index contributed by atoms with van der Waals surface area (Å²) in [5, 5.41) is 3.34. The first kappa shape index (κ1) is 14.3. The number of hydrogen-bond donors (Lipinski definition) is 1. The maximum absolute atomic E-state index is 12.7. The van der Waals surface area contributed by atoms with Crippen molar-refractivity contribution < 1.29 is 9.59 Å². The van der Waals surface area contributed by atoms with Gasteiger partial charge in [-0.05, 0) is 19.3 Å². The Morgan fingerprint density at radius 2 is 2.11 bits per heavy atom. The van der Waals surface area contributed by atoms with Crippen LogP contribution >= 0.6 is 0 Å². The zero-order chi connectivity index (χ0) is 14.0. The van der Waals surface area contributed by atoms with Crippen molar-refractivity contribution in [2.24, 2.45) is 5.92 Å². The molecule has 0 radical (unpaired) electrons. The van der Waals surface area contributed by atoms with Crippen molar-refractivity contribution in [1.82, 2.24) is 15.1 Å². The molecule has 2 amide bonds. The zero-order valence-electron chi connectivity index (χ0n) is 12.2. The predicted octanol–water partition coefficient (Wildman–Crippen LogP) is 0.454. The maximum Gasteiger partial charge on any atom is 0.245 e. The Balaban J connectivity index is 2.10. The molecule has 19 heavy (non-hydrogen) atoms. The molecule has 2 aliphatic rings. The SMILES string of the molecule is CC1CN(C(=O)C(C(C)C)N2CCCC2=O)CCN1. The van der Waals surface area contributed by atoms with Gasteiger partial charge in [-0.15, -0.1) is 0 Å². The van der Waals surface area contributed by atoms with E-state index in [4.69, 9.17) is 0 Å². The lowest BCUT2D eigenvalue weighted by Crippen LogP contribution is -2.58. The molecule has 0 aliphatic carbocycles. The number of amides is 2. The van der Waals surface area contributed by atoms with Gasteiger partial charge in [0.25, 0.3) is 0 Å². The highest BCUT2D eigenvalue weighted by atomic mass is 16.2. The van der Waals surface area contributed by atoms with Crippen LogP contribution < -0.4 is 5.32 Å². The largest absolute Gasteiger partial charge is 0.338 e. The molecule has 0 bridgehead atoms. The van der Waals surface area contributed by atoms with E-state index < -0.39 is 0 Å². The van der Waals surface area contributed by atoms with Gasteiger partial charge >= 0.3 is 0 Å². The summed E-state index contributed by atoms with van der Waals surface area (Å²) in [6.07, 6.45) is 1.47. The topological polar surface area (TPSA) is 52.7 Å². The lowest BCUT2D eigenvalue weighted by atomic mass is 10.0.